The average Bonchev–Trinajstić information content (AvgIpc) is 2.63. The first-order valence-electron chi connectivity index (χ1n) is 5.77. The number of rotatable bonds is 4. The molecule has 1 aromatic rings. The van der Waals surface area contributed by atoms with Crippen LogP contribution in [-0.4, -0.2) is 28.2 Å². The molecule has 1 fully saturated rings. The van der Waals surface area contributed by atoms with Gasteiger partial charge in [-0.05, 0) is 5.56 Å². The number of benzene rings is 1. The Bertz CT molecular complexity index is 487. The molecule has 2 amide bonds. The fourth-order valence-corrected chi connectivity index (χ4v) is 2.18. The van der Waals surface area contributed by atoms with Crippen molar-refractivity contribution < 1.29 is 9.59 Å². The Hall–Kier alpha value is -1.75. The molecule has 2 rings (SSSR count). The molecule has 0 radical (unpaired) electrons. The lowest BCUT2D eigenvalue weighted by molar-refractivity contribution is -0.138. The van der Waals surface area contributed by atoms with Crippen molar-refractivity contribution in [2.24, 2.45) is 5.73 Å². The van der Waals surface area contributed by atoms with E-state index in [2.05, 4.69) is 0 Å². The summed E-state index contributed by atoms with van der Waals surface area (Å²) in [6.45, 7) is 0.288. The van der Waals surface area contributed by atoms with Crippen LogP contribution in [0.25, 0.3) is 0 Å². The van der Waals surface area contributed by atoms with Gasteiger partial charge in [0, 0.05) is 19.4 Å². The zero-order valence-electron chi connectivity index (χ0n) is 9.83. The second-order valence-electron chi connectivity index (χ2n) is 4.27. The molecule has 1 saturated heterocycles. The van der Waals surface area contributed by atoms with Crippen molar-refractivity contribution in [1.29, 1.82) is 0 Å². The molecular weight excluding hydrogens is 248 g/mol. The average molecular weight is 262 g/mol. The van der Waals surface area contributed by atoms with Gasteiger partial charge >= 0.3 is 0 Å². The van der Waals surface area contributed by atoms with Gasteiger partial charge in [-0.1, -0.05) is 42.5 Å². The molecule has 5 heteroatoms. The molecule has 0 aliphatic carbocycles. The number of carbonyl (C=O) groups excluding carboxylic acids is 2. The molecule has 0 spiro atoms. The summed E-state index contributed by atoms with van der Waals surface area (Å²) >= 11 is 4.76. The van der Waals surface area contributed by atoms with Crippen molar-refractivity contribution in [1.82, 2.24) is 4.90 Å². The van der Waals surface area contributed by atoms with E-state index in [1.165, 1.54) is 4.90 Å². The van der Waals surface area contributed by atoms with Gasteiger partial charge in [-0.2, -0.15) is 0 Å². The molecular formula is C13H14N2O2S. The number of likely N-dealkylation sites (tertiary alicyclic amines) is 1. The van der Waals surface area contributed by atoms with Crippen LogP contribution in [0.5, 0.6) is 0 Å². The van der Waals surface area contributed by atoms with Crippen LogP contribution in [0, 0.1) is 0 Å². The Labute approximate surface area is 111 Å². The molecule has 18 heavy (non-hydrogen) atoms. The van der Waals surface area contributed by atoms with Crippen LogP contribution in [-0.2, 0) is 9.59 Å². The van der Waals surface area contributed by atoms with Gasteiger partial charge in [-0.3, -0.25) is 14.5 Å². The molecule has 1 aromatic carbocycles. The first-order valence-corrected chi connectivity index (χ1v) is 6.18. The summed E-state index contributed by atoms with van der Waals surface area (Å²) in [7, 11) is 0. The van der Waals surface area contributed by atoms with Crippen LogP contribution in [0.4, 0.5) is 0 Å². The lowest BCUT2D eigenvalue weighted by Crippen LogP contribution is -2.33. The highest BCUT2D eigenvalue weighted by molar-refractivity contribution is 7.80. The van der Waals surface area contributed by atoms with Gasteiger partial charge in [0.25, 0.3) is 0 Å². The first kappa shape index (κ1) is 12.7. The summed E-state index contributed by atoms with van der Waals surface area (Å²) in [5.41, 5.74) is 6.27. The summed E-state index contributed by atoms with van der Waals surface area (Å²) in [5, 5.41) is 0. The standard InChI is InChI=1S/C13H14N2O2S/c14-11(18)6-7-15-12(16)8-10(13(15)17)9-4-2-1-3-5-9/h1-5,10H,6-8H2,(H2,14,18). The normalized spacial score (nSPS) is 19.3. The lowest BCUT2D eigenvalue weighted by atomic mass is 9.98. The Morgan fingerprint density at radius 3 is 2.61 bits per heavy atom. The maximum atomic E-state index is 12.1. The van der Waals surface area contributed by atoms with Crippen LogP contribution in [0.3, 0.4) is 0 Å². The number of carbonyl (C=O) groups is 2. The van der Waals surface area contributed by atoms with Crippen molar-refractivity contribution in [2.75, 3.05) is 6.54 Å². The van der Waals surface area contributed by atoms with Gasteiger partial charge in [0.2, 0.25) is 11.8 Å². The van der Waals surface area contributed by atoms with Crippen molar-refractivity contribution in [3.05, 3.63) is 35.9 Å². The van der Waals surface area contributed by atoms with E-state index < -0.39 is 0 Å². The number of imide groups is 1. The van der Waals surface area contributed by atoms with Crippen LogP contribution in [0.2, 0.25) is 0 Å². The highest BCUT2D eigenvalue weighted by atomic mass is 32.1. The third kappa shape index (κ3) is 2.56. The van der Waals surface area contributed by atoms with Gasteiger partial charge < -0.3 is 5.73 Å². The topological polar surface area (TPSA) is 63.4 Å². The molecule has 1 atom stereocenters. The van der Waals surface area contributed by atoms with Crippen molar-refractivity contribution in [3.8, 4) is 0 Å². The van der Waals surface area contributed by atoms with Gasteiger partial charge in [0.15, 0.2) is 0 Å². The molecule has 0 saturated carbocycles. The predicted molar refractivity (Wildman–Crippen MR) is 71.9 cm³/mol. The second-order valence-corrected chi connectivity index (χ2v) is 4.79. The van der Waals surface area contributed by atoms with Gasteiger partial charge in [0.1, 0.15) is 0 Å². The highest BCUT2D eigenvalue weighted by Gasteiger charge is 2.38. The van der Waals surface area contributed by atoms with E-state index in [9.17, 15) is 9.59 Å². The zero-order chi connectivity index (χ0) is 13.1. The molecule has 0 bridgehead atoms. The Kier molecular flexibility index (Phi) is 3.72. The summed E-state index contributed by atoms with van der Waals surface area (Å²) in [4.78, 5) is 25.5. The van der Waals surface area contributed by atoms with Gasteiger partial charge in [-0.25, -0.2) is 0 Å². The smallest absolute Gasteiger partial charge is 0.237 e. The maximum Gasteiger partial charge on any atom is 0.237 e. The summed E-state index contributed by atoms with van der Waals surface area (Å²) in [6.07, 6.45) is 0.620. The molecule has 4 nitrogen and oxygen atoms in total. The predicted octanol–water partition coefficient (Wildman–Crippen LogP) is 1.21. The van der Waals surface area contributed by atoms with Crippen LogP contribution in [0.15, 0.2) is 30.3 Å². The van der Waals surface area contributed by atoms with E-state index >= 15 is 0 Å². The Morgan fingerprint density at radius 1 is 1.33 bits per heavy atom. The number of amides is 2. The first-order chi connectivity index (χ1) is 8.59. The molecule has 1 aliphatic heterocycles. The quantitative estimate of drug-likeness (QED) is 0.654. The van der Waals surface area contributed by atoms with E-state index in [1.807, 2.05) is 30.3 Å². The summed E-state index contributed by atoms with van der Waals surface area (Å²) in [5.74, 6) is -0.655. The number of nitrogens with zero attached hydrogens (tertiary/aromatic N) is 1. The Balaban J connectivity index is 2.12. The Morgan fingerprint density at radius 2 is 2.00 bits per heavy atom. The minimum atomic E-state index is -0.356. The largest absolute Gasteiger partial charge is 0.393 e. The second kappa shape index (κ2) is 5.27. The van der Waals surface area contributed by atoms with E-state index in [0.29, 0.717) is 11.4 Å². The van der Waals surface area contributed by atoms with Crippen molar-refractivity contribution in [2.45, 2.75) is 18.8 Å². The zero-order valence-corrected chi connectivity index (χ0v) is 10.7. The maximum absolute atomic E-state index is 12.1. The SMILES string of the molecule is NC(=S)CCN1C(=O)CC(c2ccccc2)C1=O. The molecule has 94 valence electrons. The van der Waals surface area contributed by atoms with Crippen LogP contribution < -0.4 is 5.73 Å². The van der Waals surface area contributed by atoms with Gasteiger partial charge in [0.05, 0.1) is 10.9 Å². The fraction of sp³-hybridized carbons (Fsp3) is 0.308. The van der Waals surface area contributed by atoms with E-state index in [-0.39, 0.29) is 30.7 Å². The summed E-state index contributed by atoms with van der Waals surface area (Å²) < 4.78 is 0. The monoisotopic (exact) mass is 262 g/mol. The molecule has 1 unspecified atom stereocenters. The molecule has 0 aromatic heterocycles. The van der Waals surface area contributed by atoms with Crippen LogP contribution >= 0.6 is 12.2 Å². The third-order valence-electron chi connectivity index (χ3n) is 3.03. The molecule has 1 heterocycles. The fourth-order valence-electron chi connectivity index (χ4n) is 2.09. The lowest BCUT2D eigenvalue weighted by Gasteiger charge is -2.14. The van der Waals surface area contributed by atoms with Crippen molar-refractivity contribution >= 4 is 29.0 Å². The minimum absolute atomic E-state index is 0.148. The van der Waals surface area contributed by atoms with E-state index in [1.54, 1.807) is 0 Å². The highest BCUT2D eigenvalue weighted by Crippen LogP contribution is 2.29. The van der Waals surface area contributed by atoms with Crippen LogP contribution in [0.1, 0.15) is 24.3 Å². The number of nitrogens with two attached hydrogens (primary N) is 1. The number of hydrogen-bond donors (Lipinski definition) is 1. The number of hydrogen-bond acceptors (Lipinski definition) is 3. The van der Waals surface area contributed by atoms with E-state index in [4.69, 9.17) is 18.0 Å². The van der Waals surface area contributed by atoms with E-state index in [0.717, 1.165) is 5.56 Å². The van der Waals surface area contributed by atoms with Gasteiger partial charge in [-0.15, -0.1) is 0 Å². The molecule has 2 N–H and O–H groups in total. The van der Waals surface area contributed by atoms with Crippen molar-refractivity contribution in [3.63, 3.8) is 0 Å². The number of thiocarbonyl (C=S) groups is 1. The molecule has 1 aliphatic rings. The summed E-state index contributed by atoms with van der Waals surface area (Å²) in [6, 6.07) is 9.35. The third-order valence-corrected chi connectivity index (χ3v) is 3.23. The minimum Gasteiger partial charge on any atom is -0.393 e.